The van der Waals surface area contributed by atoms with Gasteiger partial charge in [0.15, 0.2) is 5.78 Å². The molecular weight excluding hydrogens is 253 g/mol. The van der Waals surface area contributed by atoms with E-state index in [0.29, 0.717) is 11.1 Å². The van der Waals surface area contributed by atoms with E-state index < -0.39 is 5.82 Å². The lowest BCUT2D eigenvalue weighted by Gasteiger charge is -2.16. The van der Waals surface area contributed by atoms with E-state index in [4.69, 9.17) is 5.73 Å². The lowest BCUT2D eigenvalue weighted by molar-refractivity contribution is 0.103. The van der Waals surface area contributed by atoms with Gasteiger partial charge in [-0.3, -0.25) is 4.79 Å². The molecule has 0 amide bonds. The number of anilines is 1. The number of aryl methyl sites for hydroxylation is 2. The number of benzene rings is 2. The molecule has 0 saturated heterocycles. The molecule has 0 atom stereocenters. The Balaban J connectivity index is 1.95. The largest absolute Gasteiger partial charge is 0.396 e. The third kappa shape index (κ3) is 2.31. The van der Waals surface area contributed by atoms with E-state index in [1.165, 1.54) is 36.1 Å². The maximum Gasteiger partial charge on any atom is 0.193 e. The van der Waals surface area contributed by atoms with Crippen molar-refractivity contribution in [3.05, 3.63) is 64.5 Å². The molecule has 1 aliphatic carbocycles. The number of carbonyl (C=O) groups is 1. The normalized spacial score (nSPS) is 13.8. The molecule has 3 rings (SSSR count). The summed E-state index contributed by atoms with van der Waals surface area (Å²) in [5.41, 5.74) is 9.03. The summed E-state index contributed by atoms with van der Waals surface area (Å²) >= 11 is 0. The molecule has 2 nitrogen and oxygen atoms in total. The highest BCUT2D eigenvalue weighted by Crippen LogP contribution is 2.24. The van der Waals surface area contributed by atoms with Crippen molar-refractivity contribution in [1.29, 1.82) is 0 Å². The summed E-state index contributed by atoms with van der Waals surface area (Å²) in [6.07, 6.45) is 4.48. The summed E-state index contributed by atoms with van der Waals surface area (Å²) in [5.74, 6) is -0.703. The minimum absolute atomic E-state index is 0.0620. The molecule has 1 aliphatic rings. The van der Waals surface area contributed by atoms with E-state index in [0.717, 1.165) is 12.8 Å². The molecule has 20 heavy (non-hydrogen) atoms. The Morgan fingerprint density at radius 1 is 0.950 bits per heavy atom. The van der Waals surface area contributed by atoms with E-state index >= 15 is 0 Å². The molecule has 0 radical (unpaired) electrons. The number of rotatable bonds is 2. The van der Waals surface area contributed by atoms with Gasteiger partial charge in [0.05, 0.1) is 5.69 Å². The van der Waals surface area contributed by atoms with Crippen LogP contribution in [0.25, 0.3) is 0 Å². The smallest absolute Gasteiger partial charge is 0.193 e. The lowest BCUT2D eigenvalue weighted by Crippen LogP contribution is -2.07. The Morgan fingerprint density at radius 2 is 1.60 bits per heavy atom. The number of ketones is 1. The third-order valence-corrected chi connectivity index (χ3v) is 3.87. The van der Waals surface area contributed by atoms with Crippen LogP contribution in [0.4, 0.5) is 10.1 Å². The van der Waals surface area contributed by atoms with Crippen LogP contribution >= 0.6 is 0 Å². The van der Waals surface area contributed by atoms with Crippen molar-refractivity contribution in [3.63, 3.8) is 0 Å². The number of carbonyl (C=O) groups excluding carboxylic acids is 1. The van der Waals surface area contributed by atoms with Crippen molar-refractivity contribution < 1.29 is 9.18 Å². The Kier molecular flexibility index (Phi) is 3.26. The zero-order valence-corrected chi connectivity index (χ0v) is 11.2. The second kappa shape index (κ2) is 5.08. The molecule has 0 saturated carbocycles. The van der Waals surface area contributed by atoms with Gasteiger partial charge in [-0.15, -0.1) is 0 Å². The number of fused-ring (bicyclic) bond motifs is 1. The Bertz CT molecular complexity index is 679. The maximum atomic E-state index is 13.5. The van der Waals surface area contributed by atoms with Crippen LogP contribution in [0, 0.1) is 5.82 Å². The van der Waals surface area contributed by atoms with Gasteiger partial charge in [-0.25, -0.2) is 4.39 Å². The third-order valence-electron chi connectivity index (χ3n) is 3.87. The first-order valence-corrected chi connectivity index (χ1v) is 6.86. The van der Waals surface area contributed by atoms with E-state index in [2.05, 4.69) is 0 Å². The van der Waals surface area contributed by atoms with E-state index in [9.17, 15) is 9.18 Å². The second-order valence-corrected chi connectivity index (χ2v) is 5.26. The van der Waals surface area contributed by atoms with Gasteiger partial charge in [0.2, 0.25) is 0 Å². The standard InChI is InChI=1S/C17H16FNO/c18-15-10-14(7-8-16(15)19)17(20)13-6-5-11-3-1-2-4-12(11)9-13/h5-10H,1-4,19H2. The van der Waals surface area contributed by atoms with E-state index in [1.807, 2.05) is 18.2 Å². The summed E-state index contributed by atoms with van der Waals surface area (Å²) in [5, 5.41) is 0. The van der Waals surface area contributed by atoms with E-state index in [1.54, 1.807) is 6.07 Å². The average Bonchev–Trinajstić information content (AvgIpc) is 2.49. The molecule has 2 aromatic carbocycles. The summed E-state index contributed by atoms with van der Waals surface area (Å²) in [6, 6.07) is 10.0. The molecular formula is C17H16FNO. The van der Waals surface area contributed by atoms with Gasteiger partial charge in [0.1, 0.15) is 5.82 Å². The molecule has 0 bridgehead atoms. The van der Waals surface area contributed by atoms with Crippen molar-refractivity contribution >= 4 is 11.5 Å². The van der Waals surface area contributed by atoms with Crippen molar-refractivity contribution in [2.24, 2.45) is 0 Å². The molecule has 0 heterocycles. The van der Waals surface area contributed by atoms with Crippen molar-refractivity contribution in [2.45, 2.75) is 25.7 Å². The number of hydrogen-bond donors (Lipinski definition) is 1. The quantitative estimate of drug-likeness (QED) is 0.669. The van der Waals surface area contributed by atoms with Gasteiger partial charge < -0.3 is 5.73 Å². The second-order valence-electron chi connectivity index (χ2n) is 5.26. The monoisotopic (exact) mass is 269 g/mol. The number of hydrogen-bond acceptors (Lipinski definition) is 2. The summed E-state index contributed by atoms with van der Waals surface area (Å²) in [6.45, 7) is 0. The average molecular weight is 269 g/mol. The topological polar surface area (TPSA) is 43.1 Å². The summed E-state index contributed by atoms with van der Waals surface area (Å²) in [4.78, 5) is 12.4. The van der Waals surface area contributed by atoms with Crippen LogP contribution in [0.5, 0.6) is 0 Å². The minimum Gasteiger partial charge on any atom is -0.396 e. The number of nitrogens with two attached hydrogens (primary N) is 1. The summed E-state index contributed by atoms with van der Waals surface area (Å²) in [7, 11) is 0. The van der Waals surface area contributed by atoms with Gasteiger partial charge in [0, 0.05) is 11.1 Å². The first kappa shape index (κ1) is 12.9. The van der Waals surface area contributed by atoms with Crippen LogP contribution in [0.1, 0.15) is 39.9 Å². The fourth-order valence-corrected chi connectivity index (χ4v) is 2.71. The predicted molar refractivity (Wildman–Crippen MR) is 77.3 cm³/mol. The Morgan fingerprint density at radius 3 is 2.35 bits per heavy atom. The van der Waals surface area contributed by atoms with Gasteiger partial charge in [0.25, 0.3) is 0 Å². The van der Waals surface area contributed by atoms with Crippen LogP contribution in [0.2, 0.25) is 0 Å². The van der Waals surface area contributed by atoms with E-state index in [-0.39, 0.29) is 11.5 Å². The SMILES string of the molecule is Nc1ccc(C(=O)c2ccc3c(c2)CCCC3)cc1F. The minimum atomic E-state index is -0.547. The zero-order valence-electron chi connectivity index (χ0n) is 11.2. The number of nitrogen functional groups attached to an aromatic ring is 1. The van der Waals surface area contributed by atoms with Crippen LogP contribution in [-0.4, -0.2) is 5.78 Å². The van der Waals surface area contributed by atoms with Crippen LogP contribution in [0.3, 0.4) is 0 Å². The van der Waals surface area contributed by atoms with Crippen molar-refractivity contribution in [3.8, 4) is 0 Å². The highest BCUT2D eigenvalue weighted by molar-refractivity contribution is 6.09. The maximum absolute atomic E-state index is 13.5. The molecule has 0 fully saturated rings. The van der Waals surface area contributed by atoms with Gasteiger partial charge in [-0.2, -0.15) is 0 Å². The fourth-order valence-electron chi connectivity index (χ4n) is 2.71. The molecule has 0 spiro atoms. The molecule has 3 heteroatoms. The number of halogens is 1. The van der Waals surface area contributed by atoms with Crippen molar-refractivity contribution in [2.75, 3.05) is 5.73 Å². The molecule has 102 valence electrons. The highest BCUT2D eigenvalue weighted by Gasteiger charge is 2.15. The lowest BCUT2D eigenvalue weighted by atomic mass is 9.89. The van der Waals surface area contributed by atoms with Crippen LogP contribution in [0.15, 0.2) is 36.4 Å². The van der Waals surface area contributed by atoms with Gasteiger partial charge in [-0.05, 0) is 61.1 Å². The van der Waals surface area contributed by atoms with Crippen molar-refractivity contribution in [1.82, 2.24) is 0 Å². The Hall–Kier alpha value is -2.16. The molecule has 0 aromatic heterocycles. The first-order valence-electron chi connectivity index (χ1n) is 6.86. The first-order chi connectivity index (χ1) is 9.65. The van der Waals surface area contributed by atoms with Gasteiger partial charge in [-0.1, -0.05) is 12.1 Å². The molecule has 2 N–H and O–H groups in total. The van der Waals surface area contributed by atoms with Crippen LogP contribution in [-0.2, 0) is 12.8 Å². The fraction of sp³-hybridized carbons (Fsp3) is 0.235. The predicted octanol–water partition coefficient (Wildman–Crippen LogP) is 3.52. The highest BCUT2D eigenvalue weighted by atomic mass is 19.1. The van der Waals surface area contributed by atoms with Gasteiger partial charge >= 0.3 is 0 Å². The zero-order chi connectivity index (χ0) is 14.1. The van der Waals surface area contributed by atoms with Crippen LogP contribution < -0.4 is 5.73 Å². The summed E-state index contributed by atoms with van der Waals surface area (Å²) < 4.78 is 13.5. The molecule has 2 aromatic rings. The Labute approximate surface area is 117 Å². The molecule has 0 unspecified atom stereocenters. The molecule has 0 aliphatic heterocycles.